The molecular weight excluding hydrogens is 460 g/mol. The summed E-state index contributed by atoms with van der Waals surface area (Å²) in [4.78, 5) is 28.8. The zero-order valence-corrected chi connectivity index (χ0v) is 17.1. The molecule has 2 amide bonds. The molecule has 10 heteroatoms. The minimum absolute atomic E-state index is 0.0589. The molecule has 0 spiro atoms. The first kappa shape index (κ1) is 21.8. The van der Waals surface area contributed by atoms with Gasteiger partial charge < -0.3 is 16.4 Å². The van der Waals surface area contributed by atoms with Crippen molar-refractivity contribution in [3.63, 3.8) is 0 Å². The number of anilines is 2. The van der Waals surface area contributed by atoms with Crippen molar-refractivity contribution in [2.24, 2.45) is 5.73 Å². The van der Waals surface area contributed by atoms with Crippen molar-refractivity contribution in [1.29, 1.82) is 10.7 Å². The summed E-state index contributed by atoms with van der Waals surface area (Å²) in [7, 11) is 0. The van der Waals surface area contributed by atoms with Gasteiger partial charge >= 0.3 is 0 Å². The van der Waals surface area contributed by atoms with E-state index in [2.05, 4.69) is 38.1 Å². The molecule has 1 heterocycles. The zero-order valence-electron chi connectivity index (χ0n) is 14.8. The van der Waals surface area contributed by atoms with Crippen molar-refractivity contribution in [1.82, 2.24) is 4.98 Å². The van der Waals surface area contributed by atoms with Gasteiger partial charge in [-0.3, -0.25) is 15.0 Å². The lowest BCUT2D eigenvalue weighted by atomic mass is 10.0. The van der Waals surface area contributed by atoms with E-state index in [-0.39, 0.29) is 38.0 Å². The third-order valence-corrected chi connectivity index (χ3v) is 4.08. The van der Waals surface area contributed by atoms with Crippen molar-refractivity contribution in [3.8, 4) is 6.07 Å². The molecule has 0 unspecified atom stereocenters. The normalized spacial score (nSPS) is 10.6. The van der Waals surface area contributed by atoms with Gasteiger partial charge in [0, 0.05) is 6.20 Å². The second-order valence-electron chi connectivity index (χ2n) is 5.49. The fourth-order valence-electron chi connectivity index (χ4n) is 2.30. The molecule has 8 nitrogen and oxygen atoms in total. The van der Waals surface area contributed by atoms with Gasteiger partial charge in [-0.15, -0.1) is 0 Å². The van der Waals surface area contributed by atoms with Crippen LogP contribution in [0.2, 0.25) is 5.02 Å². The van der Waals surface area contributed by atoms with E-state index in [1.807, 2.05) is 6.07 Å². The molecule has 0 saturated heterocycles. The van der Waals surface area contributed by atoms with Gasteiger partial charge in [0.15, 0.2) is 0 Å². The van der Waals surface area contributed by atoms with Crippen LogP contribution < -0.4 is 16.4 Å². The number of nitriles is 1. The van der Waals surface area contributed by atoms with Crippen LogP contribution in [0.4, 0.5) is 11.5 Å². The van der Waals surface area contributed by atoms with E-state index < -0.39 is 11.8 Å². The number of pyridine rings is 1. The average molecular weight is 474 g/mol. The van der Waals surface area contributed by atoms with E-state index in [0.717, 1.165) is 0 Å². The van der Waals surface area contributed by atoms with Gasteiger partial charge in [-0.1, -0.05) is 24.3 Å². The second-order valence-corrected chi connectivity index (χ2v) is 6.75. The molecule has 2 aromatic rings. The number of nitrogens with two attached hydrogens (primary N) is 1. The minimum atomic E-state index is -0.833. The van der Waals surface area contributed by atoms with Crippen LogP contribution >= 0.6 is 27.5 Å². The maximum Gasteiger partial charge on any atom is 0.272 e. The number of rotatable bonds is 7. The third-order valence-electron chi connectivity index (χ3n) is 3.55. The van der Waals surface area contributed by atoms with Crippen LogP contribution in [-0.4, -0.2) is 21.4 Å². The molecule has 0 aliphatic heterocycles. The van der Waals surface area contributed by atoms with Crippen molar-refractivity contribution in [2.45, 2.75) is 0 Å². The molecule has 0 aliphatic rings. The largest absolute Gasteiger partial charge is 0.366 e. The van der Waals surface area contributed by atoms with Crippen molar-refractivity contribution >= 4 is 61.5 Å². The standard InChI is InChI=1S/C19H14BrClN6O2/c1-2-11-6-10(9-22)7-12(17(24)28)16(11)27-19(29)14(8-15(20)23)26-18-13(21)4-3-5-25-18/h2-8,23H,1H2,(H2,24,28)(H,25,26)(H,27,29)/b14-8-,23-15?. The first-order chi connectivity index (χ1) is 13.8. The summed E-state index contributed by atoms with van der Waals surface area (Å²) in [6.07, 6.45) is 4.05. The Hall–Kier alpha value is -3.48. The molecule has 5 N–H and O–H groups in total. The summed E-state index contributed by atoms with van der Waals surface area (Å²) < 4.78 is -0.0962. The first-order valence-corrected chi connectivity index (χ1v) is 9.09. The summed E-state index contributed by atoms with van der Waals surface area (Å²) in [5.74, 6) is -1.34. The number of halogens is 2. The van der Waals surface area contributed by atoms with Gasteiger partial charge in [0.05, 0.1) is 32.5 Å². The molecule has 146 valence electrons. The molecule has 0 fully saturated rings. The number of carbonyl (C=O) groups is 2. The predicted molar refractivity (Wildman–Crippen MR) is 116 cm³/mol. The number of hydrogen-bond acceptors (Lipinski definition) is 6. The first-order valence-electron chi connectivity index (χ1n) is 7.91. The van der Waals surface area contributed by atoms with Gasteiger partial charge in [0.1, 0.15) is 11.5 Å². The minimum Gasteiger partial charge on any atom is -0.366 e. The quantitative estimate of drug-likeness (QED) is 0.358. The number of carbonyl (C=O) groups excluding carboxylic acids is 2. The molecule has 0 atom stereocenters. The second kappa shape index (κ2) is 9.64. The van der Waals surface area contributed by atoms with Crippen LogP contribution in [-0.2, 0) is 4.79 Å². The number of hydrogen-bond donors (Lipinski definition) is 4. The number of nitrogens with one attached hydrogen (secondary N) is 3. The molecule has 0 bridgehead atoms. The van der Waals surface area contributed by atoms with Crippen LogP contribution in [0.25, 0.3) is 6.08 Å². The Balaban J connectivity index is 2.48. The Morgan fingerprint density at radius 3 is 2.66 bits per heavy atom. The summed E-state index contributed by atoms with van der Waals surface area (Å²) >= 11 is 9.02. The monoisotopic (exact) mass is 472 g/mol. The topological polar surface area (TPSA) is 145 Å². The SMILES string of the molecule is C=Cc1cc(C#N)cc(C(N)=O)c1NC(=O)/C(=C/C(=N)Br)Nc1ncccc1Cl. The van der Waals surface area contributed by atoms with Crippen LogP contribution in [0.15, 0.2) is 48.8 Å². The average Bonchev–Trinajstić information content (AvgIpc) is 2.68. The van der Waals surface area contributed by atoms with Gasteiger partial charge in [0.25, 0.3) is 11.8 Å². The summed E-state index contributed by atoms with van der Waals surface area (Å²) in [6, 6.07) is 7.83. The highest BCUT2D eigenvalue weighted by Gasteiger charge is 2.19. The molecule has 0 saturated carbocycles. The molecule has 0 aliphatic carbocycles. The van der Waals surface area contributed by atoms with E-state index in [1.54, 1.807) is 12.1 Å². The van der Waals surface area contributed by atoms with E-state index >= 15 is 0 Å². The summed E-state index contributed by atoms with van der Waals surface area (Å²) in [5.41, 5.74) is 5.86. The third kappa shape index (κ3) is 5.51. The number of aromatic nitrogens is 1. The maximum absolute atomic E-state index is 12.9. The molecule has 1 aromatic carbocycles. The lowest BCUT2D eigenvalue weighted by Gasteiger charge is -2.16. The van der Waals surface area contributed by atoms with E-state index in [4.69, 9.17) is 28.0 Å². The van der Waals surface area contributed by atoms with Crippen LogP contribution in [0.5, 0.6) is 0 Å². The Morgan fingerprint density at radius 1 is 1.38 bits per heavy atom. The Labute approximate surface area is 179 Å². The Kier molecular flexibility index (Phi) is 7.25. The van der Waals surface area contributed by atoms with Gasteiger partial charge in [0.2, 0.25) is 0 Å². The van der Waals surface area contributed by atoms with Crippen LogP contribution in [0, 0.1) is 16.7 Å². The molecule has 2 rings (SSSR count). The molecule has 29 heavy (non-hydrogen) atoms. The van der Waals surface area contributed by atoms with Crippen molar-refractivity contribution < 1.29 is 9.59 Å². The number of allylic oxidation sites excluding steroid dienone is 1. The smallest absolute Gasteiger partial charge is 0.272 e. The highest BCUT2D eigenvalue weighted by Crippen LogP contribution is 2.26. The zero-order chi connectivity index (χ0) is 21.6. The number of nitrogens with zero attached hydrogens (tertiary/aromatic N) is 2. The maximum atomic E-state index is 12.9. The lowest BCUT2D eigenvalue weighted by Crippen LogP contribution is -2.24. The molecule has 0 radical (unpaired) electrons. The predicted octanol–water partition coefficient (Wildman–Crippen LogP) is 3.66. The van der Waals surface area contributed by atoms with Crippen LogP contribution in [0.3, 0.4) is 0 Å². The van der Waals surface area contributed by atoms with E-state index in [0.29, 0.717) is 5.56 Å². The van der Waals surface area contributed by atoms with Crippen molar-refractivity contribution in [3.05, 3.63) is 70.5 Å². The van der Waals surface area contributed by atoms with Crippen LogP contribution in [0.1, 0.15) is 21.5 Å². The number of benzene rings is 1. The Bertz CT molecular complexity index is 1090. The number of amides is 2. The van der Waals surface area contributed by atoms with E-state index in [1.165, 1.54) is 30.5 Å². The highest BCUT2D eigenvalue weighted by molar-refractivity contribution is 9.18. The van der Waals surface area contributed by atoms with Gasteiger partial charge in [-0.05, 0) is 51.8 Å². The van der Waals surface area contributed by atoms with Gasteiger partial charge in [-0.2, -0.15) is 5.26 Å². The molecule has 1 aromatic heterocycles. The Morgan fingerprint density at radius 2 is 2.10 bits per heavy atom. The fraction of sp³-hybridized carbons (Fsp3) is 0. The number of primary amides is 1. The van der Waals surface area contributed by atoms with Crippen molar-refractivity contribution in [2.75, 3.05) is 10.6 Å². The molecular formula is C19H14BrClN6O2. The summed E-state index contributed by atoms with van der Waals surface area (Å²) in [5, 5.41) is 22.3. The highest BCUT2D eigenvalue weighted by atomic mass is 79.9. The summed E-state index contributed by atoms with van der Waals surface area (Å²) in [6.45, 7) is 3.64. The van der Waals surface area contributed by atoms with E-state index in [9.17, 15) is 9.59 Å². The van der Waals surface area contributed by atoms with Gasteiger partial charge in [-0.25, -0.2) is 4.98 Å². The lowest BCUT2D eigenvalue weighted by molar-refractivity contribution is -0.112. The fourth-order valence-corrected chi connectivity index (χ4v) is 2.69.